The van der Waals surface area contributed by atoms with E-state index in [1.807, 2.05) is 26.0 Å². The summed E-state index contributed by atoms with van der Waals surface area (Å²) in [4.78, 5) is 25.2. The van der Waals surface area contributed by atoms with Crippen molar-refractivity contribution in [2.45, 2.75) is 27.3 Å². The van der Waals surface area contributed by atoms with Crippen LogP contribution in [0.5, 0.6) is 5.75 Å². The molecule has 0 fully saturated rings. The summed E-state index contributed by atoms with van der Waals surface area (Å²) in [7, 11) is 0. The van der Waals surface area contributed by atoms with Gasteiger partial charge in [0.15, 0.2) is 6.61 Å². The lowest BCUT2D eigenvalue weighted by atomic mass is 10.1. The fourth-order valence-electron chi connectivity index (χ4n) is 1.93. The third-order valence-electron chi connectivity index (χ3n) is 3.36. The van der Waals surface area contributed by atoms with Crippen molar-refractivity contribution in [1.29, 1.82) is 0 Å². The second-order valence-electron chi connectivity index (χ2n) is 5.37. The molecule has 2 aromatic rings. The molecular formula is C15H18N6O4. The normalized spacial score (nSPS) is 11.2. The Balaban J connectivity index is 1.84. The second-order valence-corrected chi connectivity index (χ2v) is 5.37. The first-order chi connectivity index (χ1) is 11.9. The average molecular weight is 346 g/mol. The fraction of sp³-hybridized carbons (Fsp3) is 0.333. The molecule has 1 heterocycles. The number of amides is 1. The Hall–Kier alpha value is -3.30. The van der Waals surface area contributed by atoms with Crippen LogP contribution in [-0.4, -0.2) is 37.9 Å². The summed E-state index contributed by atoms with van der Waals surface area (Å²) in [6.07, 6.45) is 1.22. The topological polar surface area (TPSA) is 125 Å². The van der Waals surface area contributed by atoms with E-state index in [9.17, 15) is 14.9 Å². The molecule has 0 saturated carbocycles. The van der Waals surface area contributed by atoms with Crippen molar-refractivity contribution in [3.63, 3.8) is 0 Å². The zero-order valence-electron chi connectivity index (χ0n) is 14.1. The highest BCUT2D eigenvalue weighted by atomic mass is 16.6. The number of benzene rings is 1. The van der Waals surface area contributed by atoms with Crippen molar-refractivity contribution < 1.29 is 14.5 Å². The van der Waals surface area contributed by atoms with E-state index >= 15 is 0 Å². The zero-order valence-corrected chi connectivity index (χ0v) is 14.1. The number of hydrogen-bond acceptors (Lipinski definition) is 7. The Bertz CT molecular complexity index is 814. The number of nitrogens with one attached hydrogen (secondary N) is 1. The Labute approximate surface area is 143 Å². The average Bonchev–Trinajstić information content (AvgIpc) is 3.03. The Kier molecular flexibility index (Phi) is 5.77. The van der Waals surface area contributed by atoms with Crippen LogP contribution >= 0.6 is 0 Å². The predicted molar refractivity (Wildman–Crippen MR) is 89.3 cm³/mol. The minimum Gasteiger partial charge on any atom is -0.483 e. The molecule has 25 heavy (non-hydrogen) atoms. The minimum atomic E-state index is -0.685. The third-order valence-corrected chi connectivity index (χ3v) is 3.36. The van der Waals surface area contributed by atoms with E-state index in [1.165, 1.54) is 11.0 Å². The lowest BCUT2D eigenvalue weighted by Crippen LogP contribution is -2.26. The largest absolute Gasteiger partial charge is 0.490 e. The van der Waals surface area contributed by atoms with E-state index in [2.05, 4.69) is 20.6 Å². The van der Waals surface area contributed by atoms with Gasteiger partial charge in [0.05, 0.1) is 12.3 Å². The molecule has 1 N–H and O–H groups in total. The van der Waals surface area contributed by atoms with Crippen molar-refractivity contribution in [3.05, 3.63) is 45.8 Å². The van der Waals surface area contributed by atoms with Crippen molar-refractivity contribution >= 4 is 17.6 Å². The molecule has 0 bridgehead atoms. The maximum atomic E-state index is 11.8. The molecule has 2 rings (SSSR count). The van der Waals surface area contributed by atoms with Crippen molar-refractivity contribution in [2.24, 2.45) is 5.10 Å². The zero-order chi connectivity index (χ0) is 18.4. The van der Waals surface area contributed by atoms with Gasteiger partial charge in [-0.25, -0.2) is 5.43 Å². The predicted octanol–water partition coefficient (Wildman–Crippen LogP) is 1.37. The van der Waals surface area contributed by atoms with Gasteiger partial charge < -0.3 is 14.9 Å². The summed E-state index contributed by atoms with van der Waals surface area (Å²) >= 11 is 0. The molecule has 0 spiro atoms. The number of hydrogen-bond donors (Lipinski definition) is 1. The van der Waals surface area contributed by atoms with Crippen molar-refractivity contribution in [2.75, 3.05) is 6.61 Å². The Morgan fingerprint density at radius 1 is 1.44 bits per heavy atom. The summed E-state index contributed by atoms with van der Waals surface area (Å²) < 4.78 is 6.74. The number of nitro groups is 1. The van der Waals surface area contributed by atoms with Crippen LogP contribution in [0.15, 0.2) is 29.6 Å². The number of carbonyl (C=O) groups excluding carboxylic acids is 1. The number of aromatic nitrogens is 3. The number of aryl methyl sites for hydroxylation is 1. The Morgan fingerprint density at radius 3 is 2.88 bits per heavy atom. The molecular weight excluding hydrogens is 328 g/mol. The quantitative estimate of drug-likeness (QED) is 0.459. The summed E-state index contributed by atoms with van der Waals surface area (Å²) in [5.41, 5.74) is 4.92. The molecule has 1 amide bonds. The van der Waals surface area contributed by atoms with Gasteiger partial charge in [0.25, 0.3) is 5.91 Å². The Morgan fingerprint density at radius 2 is 2.20 bits per heavy atom. The van der Waals surface area contributed by atoms with Gasteiger partial charge in [0, 0.05) is 5.10 Å². The molecule has 10 nitrogen and oxygen atoms in total. The van der Waals surface area contributed by atoms with E-state index in [4.69, 9.17) is 4.74 Å². The van der Waals surface area contributed by atoms with Crippen LogP contribution in [0.4, 0.5) is 5.95 Å². The molecule has 1 aromatic heterocycles. The molecule has 0 aliphatic rings. The monoisotopic (exact) mass is 346 g/mol. The lowest BCUT2D eigenvalue weighted by molar-refractivity contribution is -0.394. The first-order valence-electron chi connectivity index (χ1n) is 7.41. The summed E-state index contributed by atoms with van der Waals surface area (Å²) in [5.74, 6) is -0.255. The van der Waals surface area contributed by atoms with Crippen LogP contribution < -0.4 is 10.2 Å². The van der Waals surface area contributed by atoms with E-state index in [-0.39, 0.29) is 13.2 Å². The second kappa shape index (κ2) is 7.99. The maximum absolute atomic E-state index is 11.8. The van der Waals surface area contributed by atoms with Gasteiger partial charge in [-0.15, -0.1) is 0 Å². The van der Waals surface area contributed by atoms with Gasteiger partial charge in [-0.3, -0.25) is 4.79 Å². The van der Waals surface area contributed by atoms with E-state index in [0.717, 1.165) is 11.1 Å². The first kappa shape index (κ1) is 18.0. The molecule has 0 unspecified atom stereocenters. The number of ether oxygens (including phenoxy) is 1. The standard InChI is InChI=1S/C15H18N6O4/c1-10-5-4-6-13(12(10)3)25-8-14(22)18-17-11(2)7-20-9-16-15(19-20)21(23)24/h4-6,9H,7-8H2,1-3H3,(H,18,22). The SMILES string of the molecule is CC(Cn1cnc([N+](=O)[O-])n1)=NNC(=O)COc1cccc(C)c1C. The number of rotatable bonds is 7. The number of carbonyl (C=O) groups is 1. The highest BCUT2D eigenvalue weighted by Crippen LogP contribution is 2.20. The van der Waals surface area contributed by atoms with Crippen LogP contribution in [-0.2, 0) is 11.3 Å². The van der Waals surface area contributed by atoms with Gasteiger partial charge in [-0.1, -0.05) is 17.1 Å². The van der Waals surface area contributed by atoms with Gasteiger partial charge in [-0.2, -0.15) is 9.78 Å². The van der Waals surface area contributed by atoms with Gasteiger partial charge >= 0.3 is 5.95 Å². The van der Waals surface area contributed by atoms with Crippen LogP contribution in [0.3, 0.4) is 0 Å². The molecule has 0 aliphatic heterocycles. The van der Waals surface area contributed by atoms with Crippen molar-refractivity contribution in [3.8, 4) is 5.75 Å². The van der Waals surface area contributed by atoms with Gasteiger partial charge in [-0.05, 0) is 42.9 Å². The summed E-state index contributed by atoms with van der Waals surface area (Å²) in [6, 6.07) is 5.61. The van der Waals surface area contributed by atoms with Crippen LogP contribution in [0, 0.1) is 24.0 Å². The van der Waals surface area contributed by atoms with E-state index < -0.39 is 16.8 Å². The third kappa shape index (κ3) is 5.09. The molecule has 0 atom stereocenters. The molecule has 1 aromatic carbocycles. The first-order valence-corrected chi connectivity index (χ1v) is 7.41. The van der Waals surface area contributed by atoms with Gasteiger partial charge in [0.1, 0.15) is 5.75 Å². The number of nitrogens with zero attached hydrogens (tertiary/aromatic N) is 5. The molecule has 0 saturated heterocycles. The summed E-state index contributed by atoms with van der Waals surface area (Å²) in [6.45, 7) is 5.53. The maximum Gasteiger partial charge on any atom is 0.490 e. The molecule has 0 radical (unpaired) electrons. The molecule has 0 aliphatic carbocycles. The van der Waals surface area contributed by atoms with Crippen LogP contribution in [0.2, 0.25) is 0 Å². The van der Waals surface area contributed by atoms with Crippen LogP contribution in [0.25, 0.3) is 0 Å². The highest BCUT2D eigenvalue weighted by Gasteiger charge is 2.13. The minimum absolute atomic E-state index is 0.166. The van der Waals surface area contributed by atoms with Crippen molar-refractivity contribution in [1.82, 2.24) is 20.2 Å². The molecule has 132 valence electrons. The highest BCUT2D eigenvalue weighted by molar-refractivity contribution is 5.84. The van der Waals surface area contributed by atoms with Crippen LogP contribution in [0.1, 0.15) is 18.1 Å². The lowest BCUT2D eigenvalue weighted by Gasteiger charge is -2.10. The smallest absolute Gasteiger partial charge is 0.483 e. The van der Waals surface area contributed by atoms with E-state index in [1.54, 1.807) is 13.0 Å². The molecule has 10 heteroatoms. The van der Waals surface area contributed by atoms with Gasteiger partial charge in [0.2, 0.25) is 6.33 Å². The van der Waals surface area contributed by atoms with E-state index in [0.29, 0.717) is 11.5 Å². The summed E-state index contributed by atoms with van der Waals surface area (Å²) in [5, 5.41) is 18.1. The number of hydrazone groups is 1. The fourth-order valence-corrected chi connectivity index (χ4v) is 1.93.